The zero-order valence-electron chi connectivity index (χ0n) is 14.1. The Hall–Kier alpha value is -2.15. The average Bonchev–Trinajstić information content (AvgIpc) is 2.53. The molecule has 7 nitrogen and oxygen atoms in total. The number of nitrogens with zero attached hydrogens (tertiary/aromatic N) is 3. The van der Waals surface area contributed by atoms with E-state index in [0.29, 0.717) is 19.7 Å². The number of amides is 3. The normalized spacial score (nSPS) is 17.7. The summed E-state index contributed by atoms with van der Waals surface area (Å²) in [5.41, 5.74) is 3.04. The lowest BCUT2D eigenvalue weighted by molar-refractivity contribution is -0.145. The fraction of sp³-hybridized carbons (Fsp3) is 0.562. The number of urea groups is 1. The number of nitrogens with one attached hydrogen (secondary N) is 1. The maximum atomic E-state index is 12.3. The number of pyridine rings is 1. The quantitative estimate of drug-likeness (QED) is 0.889. The molecule has 0 aromatic carbocycles. The molecule has 3 amide bonds. The molecule has 0 aliphatic carbocycles. The van der Waals surface area contributed by atoms with Gasteiger partial charge in [-0.3, -0.25) is 9.78 Å². The van der Waals surface area contributed by atoms with Gasteiger partial charge in [-0.15, -0.1) is 0 Å². The predicted molar refractivity (Wildman–Crippen MR) is 86.0 cm³/mol. The fourth-order valence-corrected chi connectivity index (χ4v) is 2.46. The SMILES string of the molecule is Cc1cc(C)c(CNC(=O)N2CCO[C@H](C(=O)N(C)C)C2)cn1. The summed E-state index contributed by atoms with van der Waals surface area (Å²) in [5.74, 6) is -0.124. The number of rotatable bonds is 3. The molecule has 1 aromatic heterocycles. The lowest BCUT2D eigenvalue weighted by Gasteiger charge is -2.33. The second kappa shape index (κ2) is 7.41. The van der Waals surface area contributed by atoms with Crippen LogP contribution in [0.2, 0.25) is 0 Å². The topological polar surface area (TPSA) is 74.8 Å². The van der Waals surface area contributed by atoms with Gasteiger partial charge in [0.25, 0.3) is 5.91 Å². The Morgan fingerprint density at radius 2 is 2.17 bits per heavy atom. The largest absolute Gasteiger partial charge is 0.365 e. The Morgan fingerprint density at radius 3 is 2.83 bits per heavy atom. The van der Waals surface area contributed by atoms with E-state index in [0.717, 1.165) is 16.8 Å². The van der Waals surface area contributed by atoms with Gasteiger partial charge in [-0.2, -0.15) is 0 Å². The van der Waals surface area contributed by atoms with Crippen LogP contribution in [0.4, 0.5) is 4.79 Å². The fourth-order valence-electron chi connectivity index (χ4n) is 2.46. The second-order valence-electron chi connectivity index (χ2n) is 5.95. The van der Waals surface area contributed by atoms with Crippen LogP contribution in [0.15, 0.2) is 12.3 Å². The molecule has 2 heterocycles. The molecule has 1 saturated heterocycles. The van der Waals surface area contributed by atoms with E-state index in [1.54, 1.807) is 25.2 Å². The number of carbonyl (C=O) groups is 2. The molecular weight excluding hydrogens is 296 g/mol. The van der Waals surface area contributed by atoms with Crippen molar-refractivity contribution in [1.82, 2.24) is 20.1 Å². The highest BCUT2D eigenvalue weighted by molar-refractivity contribution is 5.82. The molecule has 0 saturated carbocycles. The molecule has 1 fully saturated rings. The van der Waals surface area contributed by atoms with Gasteiger partial charge in [0.2, 0.25) is 0 Å². The number of carbonyl (C=O) groups excluding carboxylic acids is 2. The van der Waals surface area contributed by atoms with Crippen molar-refractivity contribution in [1.29, 1.82) is 0 Å². The lowest BCUT2D eigenvalue weighted by Crippen LogP contribution is -2.53. The summed E-state index contributed by atoms with van der Waals surface area (Å²) >= 11 is 0. The van der Waals surface area contributed by atoms with E-state index in [2.05, 4.69) is 10.3 Å². The van der Waals surface area contributed by atoms with Crippen LogP contribution < -0.4 is 5.32 Å². The van der Waals surface area contributed by atoms with Gasteiger partial charge in [-0.25, -0.2) is 4.79 Å². The zero-order valence-corrected chi connectivity index (χ0v) is 14.1. The summed E-state index contributed by atoms with van der Waals surface area (Å²) in [4.78, 5) is 31.6. The van der Waals surface area contributed by atoms with Gasteiger partial charge in [-0.05, 0) is 31.0 Å². The minimum atomic E-state index is -0.590. The number of hydrogen-bond acceptors (Lipinski definition) is 4. The van der Waals surface area contributed by atoms with E-state index in [-0.39, 0.29) is 18.5 Å². The van der Waals surface area contributed by atoms with E-state index in [9.17, 15) is 9.59 Å². The molecule has 1 aliphatic rings. The molecule has 1 atom stereocenters. The van der Waals surface area contributed by atoms with Crippen molar-refractivity contribution in [2.24, 2.45) is 0 Å². The van der Waals surface area contributed by atoms with Crippen LogP contribution in [-0.2, 0) is 16.1 Å². The van der Waals surface area contributed by atoms with Crippen molar-refractivity contribution < 1.29 is 14.3 Å². The first kappa shape index (κ1) is 17.2. The minimum Gasteiger partial charge on any atom is -0.365 e. The Morgan fingerprint density at radius 1 is 1.43 bits per heavy atom. The third kappa shape index (κ3) is 4.41. The van der Waals surface area contributed by atoms with Crippen molar-refractivity contribution in [2.75, 3.05) is 33.8 Å². The standard InChI is InChI=1S/C16H24N4O3/c1-11-7-12(2)17-8-13(11)9-18-16(22)20-5-6-23-14(10-20)15(21)19(3)4/h7-8,14H,5-6,9-10H2,1-4H3,(H,18,22)/t14-/m0/s1. The Balaban J connectivity index is 1.91. The predicted octanol–water partition coefficient (Wildman–Crippen LogP) is 0.697. The van der Waals surface area contributed by atoms with Crippen molar-refractivity contribution in [3.63, 3.8) is 0 Å². The van der Waals surface area contributed by atoms with Gasteiger partial charge < -0.3 is 19.9 Å². The minimum absolute atomic E-state index is 0.124. The molecule has 1 aromatic rings. The van der Waals surface area contributed by atoms with Crippen molar-refractivity contribution in [2.45, 2.75) is 26.5 Å². The summed E-state index contributed by atoms with van der Waals surface area (Å²) in [6.45, 7) is 5.47. The Kier molecular flexibility index (Phi) is 5.54. The average molecular weight is 320 g/mol. The van der Waals surface area contributed by atoms with Crippen LogP contribution in [0.3, 0.4) is 0 Å². The monoisotopic (exact) mass is 320 g/mol. The molecule has 23 heavy (non-hydrogen) atoms. The van der Waals surface area contributed by atoms with Crippen molar-refractivity contribution >= 4 is 11.9 Å². The third-order valence-electron chi connectivity index (χ3n) is 3.86. The highest BCUT2D eigenvalue weighted by Gasteiger charge is 2.30. The highest BCUT2D eigenvalue weighted by atomic mass is 16.5. The molecule has 0 spiro atoms. The van der Waals surface area contributed by atoms with E-state index >= 15 is 0 Å². The van der Waals surface area contributed by atoms with Gasteiger partial charge in [0.05, 0.1) is 13.2 Å². The number of aromatic nitrogens is 1. The van der Waals surface area contributed by atoms with E-state index in [1.165, 1.54) is 4.90 Å². The molecule has 0 bridgehead atoms. The van der Waals surface area contributed by atoms with Gasteiger partial charge in [-0.1, -0.05) is 0 Å². The molecule has 1 aliphatic heterocycles. The summed E-state index contributed by atoms with van der Waals surface area (Å²) in [5, 5.41) is 2.88. The summed E-state index contributed by atoms with van der Waals surface area (Å²) in [6, 6.07) is 1.80. The van der Waals surface area contributed by atoms with Crippen LogP contribution in [0, 0.1) is 13.8 Å². The number of morpholine rings is 1. The summed E-state index contributed by atoms with van der Waals surface area (Å²) < 4.78 is 5.45. The van der Waals surface area contributed by atoms with Crippen LogP contribution in [0.1, 0.15) is 16.8 Å². The zero-order chi connectivity index (χ0) is 17.0. The smallest absolute Gasteiger partial charge is 0.317 e. The lowest BCUT2D eigenvalue weighted by atomic mass is 10.1. The summed E-state index contributed by atoms with van der Waals surface area (Å²) in [7, 11) is 3.36. The van der Waals surface area contributed by atoms with Gasteiger partial charge >= 0.3 is 6.03 Å². The molecule has 0 unspecified atom stereocenters. The van der Waals surface area contributed by atoms with Crippen LogP contribution in [-0.4, -0.2) is 66.6 Å². The molecule has 7 heteroatoms. The van der Waals surface area contributed by atoms with Crippen LogP contribution >= 0.6 is 0 Å². The van der Waals surface area contributed by atoms with Crippen molar-refractivity contribution in [3.05, 3.63) is 29.1 Å². The molecule has 126 valence electrons. The highest BCUT2D eigenvalue weighted by Crippen LogP contribution is 2.10. The number of hydrogen-bond donors (Lipinski definition) is 1. The third-order valence-corrected chi connectivity index (χ3v) is 3.86. The Labute approximate surface area is 136 Å². The summed E-state index contributed by atoms with van der Waals surface area (Å²) in [6.07, 6.45) is 1.19. The molecule has 0 radical (unpaired) electrons. The number of ether oxygens (including phenoxy) is 1. The maximum absolute atomic E-state index is 12.3. The van der Waals surface area contributed by atoms with Gasteiger partial charge in [0.15, 0.2) is 6.10 Å². The van der Waals surface area contributed by atoms with Crippen molar-refractivity contribution in [3.8, 4) is 0 Å². The van der Waals surface area contributed by atoms with Gasteiger partial charge in [0, 0.05) is 39.1 Å². The first-order valence-corrected chi connectivity index (χ1v) is 7.66. The second-order valence-corrected chi connectivity index (χ2v) is 5.95. The first-order valence-electron chi connectivity index (χ1n) is 7.66. The first-order chi connectivity index (χ1) is 10.9. The van der Waals surface area contributed by atoms with Crippen LogP contribution in [0.5, 0.6) is 0 Å². The molecule has 2 rings (SSSR count). The number of aryl methyl sites for hydroxylation is 2. The Bertz CT molecular complexity index is 589. The number of likely N-dealkylation sites (N-methyl/N-ethyl adjacent to an activating group) is 1. The van der Waals surface area contributed by atoms with Gasteiger partial charge in [0.1, 0.15) is 0 Å². The maximum Gasteiger partial charge on any atom is 0.317 e. The van der Waals surface area contributed by atoms with Crippen LogP contribution in [0.25, 0.3) is 0 Å². The van der Waals surface area contributed by atoms with E-state index < -0.39 is 6.10 Å². The van der Waals surface area contributed by atoms with E-state index in [1.807, 2.05) is 19.9 Å². The molecule has 1 N–H and O–H groups in total. The molecular formula is C16H24N4O3. The van der Waals surface area contributed by atoms with E-state index in [4.69, 9.17) is 4.74 Å².